The summed E-state index contributed by atoms with van der Waals surface area (Å²) >= 11 is 0. The highest BCUT2D eigenvalue weighted by Gasteiger charge is 2.28. The van der Waals surface area contributed by atoms with E-state index in [1.165, 1.54) is 45.2 Å². The van der Waals surface area contributed by atoms with Gasteiger partial charge in [0.1, 0.15) is 0 Å². The Bertz CT molecular complexity index is 127. The number of piperidine rings is 1. The molecule has 0 spiro atoms. The van der Waals surface area contributed by atoms with Crippen LogP contribution in [0.3, 0.4) is 0 Å². The Balaban J connectivity index is 0.000000500. The number of hydrogen-bond acceptors (Lipinski definition) is 1. The third-order valence-electron chi connectivity index (χ3n) is 2.82. The highest BCUT2D eigenvalue weighted by molar-refractivity contribution is 4.84. The molecule has 0 N–H and O–H groups in total. The molecule has 0 amide bonds. The number of rotatable bonds is 2. The summed E-state index contributed by atoms with van der Waals surface area (Å²) in [6.07, 6.45) is 6.76. The second-order valence-electron chi connectivity index (χ2n) is 4.96. The molecule has 86 valence electrons. The van der Waals surface area contributed by atoms with Crippen molar-refractivity contribution >= 4 is 0 Å². The summed E-state index contributed by atoms with van der Waals surface area (Å²) < 4.78 is 0. The van der Waals surface area contributed by atoms with Crippen molar-refractivity contribution in [2.24, 2.45) is 0 Å². The quantitative estimate of drug-likeness (QED) is 0.648. The van der Waals surface area contributed by atoms with Crippen LogP contribution in [0.15, 0.2) is 0 Å². The molecule has 0 aromatic rings. The van der Waals surface area contributed by atoms with Crippen molar-refractivity contribution in [3.8, 4) is 0 Å². The lowest BCUT2D eigenvalue weighted by Gasteiger charge is -2.42. The minimum Gasteiger partial charge on any atom is -0.298 e. The molecule has 0 aliphatic carbocycles. The van der Waals surface area contributed by atoms with Gasteiger partial charge in [-0.2, -0.15) is 0 Å². The smallest absolute Gasteiger partial charge is 0.0153 e. The van der Waals surface area contributed by atoms with Crippen LogP contribution in [0, 0.1) is 0 Å². The molecule has 1 saturated heterocycles. The average molecular weight is 199 g/mol. The summed E-state index contributed by atoms with van der Waals surface area (Å²) in [7, 11) is 0. The zero-order valence-electron chi connectivity index (χ0n) is 10.9. The highest BCUT2D eigenvalue weighted by atomic mass is 15.2. The van der Waals surface area contributed by atoms with Crippen molar-refractivity contribution in [2.45, 2.75) is 72.3 Å². The van der Waals surface area contributed by atoms with Gasteiger partial charge >= 0.3 is 0 Å². The first-order valence-electron chi connectivity index (χ1n) is 6.33. The first kappa shape index (κ1) is 14.0. The van der Waals surface area contributed by atoms with Gasteiger partial charge in [-0.3, -0.25) is 4.90 Å². The standard InChI is InChI=1S/C10H21N.C3H8/c1-4-8-11-9-6-5-7-10(11,2)3;1-3-2/h4-9H2,1-3H3;3H2,1-2H3. The lowest BCUT2D eigenvalue weighted by Crippen LogP contribution is -2.47. The van der Waals surface area contributed by atoms with Gasteiger partial charge in [0.2, 0.25) is 0 Å². The minimum absolute atomic E-state index is 0.480. The van der Waals surface area contributed by atoms with E-state index in [9.17, 15) is 0 Å². The van der Waals surface area contributed by atoms with Crippen LogP contribution >= 0.6 is 0 Å². The summed E-state index contributed by atoms with van der Waals surface area (Å²) in [5, 5.41) is 0. The summed E-state index contributed by atoms with van der Waals surface area (Å²) in [6, 6.07) is 0. The SMILES string of the molecule is CCC.CCCN1CCCCC1(C)C. The summed E-state index contributed by atoms with van der Waals surface area (Å²) in [5.41, 5.74) is 0.480. The predicted octanol–water partition coefficient (Wildman–Crippen LogP) is 4.08. The zero-order chi connectivity index (χ0) is 11.0. The molecule has 14 heavy (non-hydrogen) atoms. The zero-order valence-corrected chi connectivity index (χ0v) is 10.9. The van der Waals surface area contributed by atoms with E-state index in [-0.39, 0.29) is 0 Å². The van der Waals surface area contributed by atoms with E-state index >= 15 is 0 Å². The van der Waals surface area contributed by atoms with Gasteiger partial charge in [-0.05, 0) is 46.2 Å². The maximum atomic E-state index is 2.64. The molecule has 1 heteroatoms. The molecule has 0 atom stereocenters. The van der Waals surface area contributed by atoms with Gasteiger partial charge in [0.15, 0.2) is 0 Å². The molecule has 0 bridgehead atoms. The highest BCUT2D eigenvalue weighted by Crippen LogP contribution is 2.26. The Morgan fingerprint density at radius 2 is 1.64 bits per heavy atom. The van der Waals surface area contributed by atoms with Crippen molar-refractivity contribution in [1.82, 2.24) is 4.90 Å². The Kier molecular flexibility index (Phi) is 7.26. The van der Waals surface area contributed by atoms with E-state index < -0.39 is 0 Å². The fourth-order valence-electron chi connectivity index (χ4n) is 2.01. The summed E-state index contributed by atoms with van der Waals surface area (Å²) in [5.74, 6) is 0. The fraction of sp³-hybridized carbons (Fsp3) is 1.00. The molecule has 0 aromatic carbocycles. The van der Waals surface area contributed by atoms with Crippen molar-refractivity contribution in [3.63, 3.8) is 0 Å². The first-order valence-corrected chi connectivity index (χ1v) is 6.33. The van der Waals surface area contributed by atoms with E-state index in [2.05, 4.69) is 39.5 Å². The fourth-order valence-corrected chi connectivity index (χ4v) is 2.01. The van der Waals surface area contributed by atoms with Crippen LogP contribution in [0.1, 0.15) is 66.7 Å². The van der Waals surface area contributed by atoms with Crippen LogP contribution in [0.2, 0.25) is 0 Å². The molecule has 1 aliphatic rings. The van der Waals surface area contributed by atoms with Gasteiger partial charge in [-0.1, -0.05) is 33.6 Å². The van der Waals surface area contributed by atoms with Gasteiger partial charge in [0.05, 0.1) is 0 Å². The normalized spacial score (nSPS) is 21.2. The first-order chi connectivity index (χ1) is 6.58. The number of likely N-dealkylation sites (tertiary alicyclic amines) is 1. The lowest BCUT2D eigenvalue weighted by molar-refractivity contribution is 0.0773. The van der Waals surface area contributed by atoms with Gasteiger partial charge in [-0.15, -0.1) is 0 Å². The Morgan fingerprint density at radius 3 is 2.07 bits per heavy atom. The number of nitrogens with zero attached hydrogens (tertiary/aromatic N) is 1. The maximum absolute atomic E-state index is 2.64. The van der Waals surface area contributed by atoms with Crippen LogP contribution in [-0.4, -0.2) is 23.5 Å². The average Bonchev–Trinajstić information content (AvgIpc) is 2.10. The molecule has 1 nitrogen and oxygen atoms in total. The minimum atomic E-state index is 0.480. The summed E-state index contributed by atoms with van der Waals surface area (Å²) in [4.78, 5) is 2.64. The van der Waals surface area contributed by atoms with Crippen molar-refractivity contribution in [1.29, 1.82) is 0 Å². The van der Waals surface area contributed by atoms with Crippen molar-refractivity contribution < 1.29 is 0 Å². The molecule has 0 unspecified atom stereocenters. The molecular formula is C13H29N. The predicted molar refractivity (Wildman–Crippen MR) is 65.8 cm³/mol. The van der Waals surface area contributed by atoms with E-state index in [0.717, 1.165) is 0 Å². The molecule has 1 aliphatic heterocycles. The Hall–Kier alpha value is -0.0400. The van der Waals surface area contributed by atoms with E-state index in [1.807, 2.05) is 0 Å². The second kappa shape index (κ2) is 7.28. The van der Waals surface area contributed by atoms with Crippen LogP contribution in [0.25, 0.3) is 0 Å². The van der Waals surface area contributed by atoms with Crippen LogP contribution < -0.4 is 0 Å². The van der Waals surface area contributed by atoms with Crippen LogP contribution in [0.4, 0.5) is 0 Å². The van der Waals surface area contributed by atoms with E-state index in [1.54, 1.807) is 0 Å². The lowest BCUT2D eigenvalue weighted by atomic mass is 9.90. The monoisotopic (exact) mass is 199 g/mol. The van der Waals surface area contributed by atoms with Crippen LogP contribution in [0.5, 0.6) is 0 Å². The van der Waals surface area contributed by atoms with E-state index in [0.29, 0.717) is 5.54 Å². The largest absolute Gasteiger partial charge is 0.298 e. The molecule has 0 aromatic heterocycles. The third kappa shape index (κ3) is 4.99. The third-order valence-corrected chi connectivity index (χ3v) is 2.82. The molecule has 1 heterocycles. The molecule has 1 fully saturated rings. The summed E-state index contributed by atoms with van der Waals surface area (Å²) in [6.45, 7) is 13.9. The van der Waals surface area contributed by atoms with E-state index in [4.69, 9.17) is 0 Å². The number of hydrogen-bond donors (Lipinski definition) is 0. The van der Waals surface area contributed by atoms with Crippen molar-refractivity contribution in [3.05, 3.63) is 0 Å². The molecule has 0 radical (unpaired) electrons. The van der Waals surface area contributed by atoms with Gasteiger partial charge in [-0.25, -0.2) is 0 Å². The van der Waals surface area contributed by atoms with Gasteiger partial charge < -0.3 is 0 Å². The Labute approximate surface area is 90.9 Å². The topological polar surface area (TPSA) is 3.24 Å². The molecule has 1 rings (SSSR count). The van der Waals surface area contributed by atoms with Gasteiger partial charge in [0.25, 0.3) is 0 Å². The van der Waals surface area contributed by atoms with Crippen molar-refractivity contribution in [2.75, 3.05) is 13.1 Å². The van der Waals surface area contributed by atoms with Gasteiger partial charge in [0, 0.05) is 5.54 Å². The van der Waals surface area contributed by atoms with Crippen LogP contribution in [-0.2, 0) is 0 Å². The molecule has 0 saturated carbocycles. The molecular weight excluding hydrogens is 170 g/mol. The Morgan fingerprint density at radius 1 is 1.07 bits per heavy atom. The maximum Gasteiger partial charge on any atom is 0.0153 e. The second-order valence-corrected chi connectivity index (χ2v) is 4.96.